The van der Waals surface area contributed by atoms with Crippen molar-refractivity contribution in [3.63, 3.8) is 0 Å². The fourth-order valence-corrected chi connectivity index (χ4v) is 1.97. The number of hydrogen-bond acceptors (Lipinski definition) is 3. The van der Waals surface area contributed by atoms with E-state index in [0.29, 0.717) is 13.2 Å². The maximum absolute atomic E-state index is 5.93. The summed E-state index contributed by atoms with van der Waals surface area (Å²) in [6, 6.07) is 6.14. The predicted octanol–water partition coefficient (Wildman–Crippen LogP) is 2.01. The molecule has 1 unspecified atom stereocenters. The van der Waals surface area contributed by atoms with Crippen LogP contribution < -0.4 is 10.5 Å². The lowest BCUT2D eigenvalue weighted by molar-refractivity contribution is 0.00705. The van der Waals surface area contributed by atoms with Crippen molar-refractivity contribution in [2.24, 2.45) is 5.73 Å². The van der Waals surface area contributed by atoms with E-state index in [2.05, 4.69) is 19.1 Å². The van der Waals surface area contributed by atoms with Crippen LogP contribution >= 0.6 is 0 Å². The molecule has 0 bridgehead atoms. The van der Waals surface area contributed by atoms with Gasteiger partial charge in [-0.25, -0.2) is 0 Å². The van der Waals surface area contributed by atoms with Gasteiger partial charge in [0.05, 0.1) is 6.61 Å². The third-order valence-electron chi connectivity index (χ3n) is 2.85. The maximum Gasteiger partial charge on any atom is 0.124 e. The van der Waals surface area contributed by atoms with Gasteiger partial charge in [-0.15, -0.1) is 0 Å². The summed E-state index contributed by atoms with van der Waals surface area (Å²) in [5.41, 5.74) is 8.00. The van der Waals surface area contributed by atoms with Crippen LogP contribution in [0.4, 0.5) is 0 Å². The Balaban J connectivity index is 2.07. The zero-order valence-corrected chi connectivity index (χ0v) is 9.74. The lowest BCUT2D eigenvalue weighted by atomic mass is 10.1. The lowest BCUT2D eigenvalue weighted by Gasteiger charge is -2.24. The van der Waals surface area contributed by atoms with Crippen molar-refractivity contribution < 1.29 is 9.47 Å². The molecule has 2 rings (SSSR count). The van der Waals surface area contributed by atoms with E-state index in [1.165, 1.54) is 5.56 Å². The highest BCUT2D eigenvalue weighted by Crippen LogP contribution is 2.23. The van der Waals surface area contributed by atoms with Gasteiger partial charge in [0.25, 0.3) is 0 Å². The van der Waals surface area contributed by atoms with Crippen molar-refractivity contribution in [1.29, 1.82) is 0 Å². The van der Waals surface area contributed by atoms with Crippen molar-refractivity contribution in [1.82, 2.24) is 0 Å². The summed E-state index contributed by atoms with van der Waals surface area (Å²) in [6.07, 6.45) is 2.33. The second kappa shape index (κ2) is 5.32. The van der Waals surface area contributed by atoms with Crippen LogP contribution in [0, 0.1) is 6.92 Å². The highest BCUT2D eigenvalue weighted by molar-refractivity contribution is 5.36. The molecule has 0 aliphatic carbocycles. The smallest absolute Gasteiger partial charge is 0.124 e. The molecular weight excluding hydrogens is 202 g/mol. The van der Waals surface area contributed by atoms with E-state index in [9.17, 15) is 0 Å². The fraction of sp³-hybridized carbons (Fsp3) is 0.538. The molecule has 0 radical (unpaired) electrons. The van der Waals surface area contributed by atoms with E-state index in [0.717, 1.165) is 30.8 Å². The van der Waals surface area contributed by atoms with E-state index in [-0.39, 0.29) is 6.10 Å². The Morgan fingerprint density at radius 1 is 1.50 bits per heavy atom. The van der Waals surface area contributed by atoms with E-state index in [4.69, 9.17) is 15.2 Å². The molecule has 1 aromatic rings. The normalized spacial score (nSPS) is 20.8. The average molecular weight is 221 g/mol. The van der Waals surface area contributed by atoms with Crippen LogP contribution in [0.5, 0.6) is 5.75 Å². The van der Waals surface area contributed by atoms with Gasteiger partial charge in [0.1, 0.15) is 11.9 Å². The molecular formula is C13H19NO2. The van der Waals surface area contributed by atoms with Gasteiger partial charge in [0, 0.05) is 18.7 Å². The van der Waals surface area contributed by atoms with Crippen LogP contribution in [0.15, 0.2) is 18.2 Å². The van der Waals surface area contributed by atoms with Crippen molar-refractivity contribution in [2.45, 2.75) is 32.4 Å². The minimum absolute atomic E-state index is 0.182. The van der Waals surface area contributed by atoms with E-state index in [1.54, 1.807) is 0 Å². The van der Waals surface area contributed by atoms with Gasteiger partial charge >= 0.3 is 0 Å². The molecule has 0 aromatic heterocycles. The first kappa shape index (κ1) is 11.4. The Kier molecular flexibility index (Phi) is 3.80. The second-order valence-corrected chi connectivity index (χ2v) is 4.27. The van der Waals surface area contributed by atoms with Gasteiger partial charge in [0.2, 0.25) is 0 Å². The molecule has 1 saturated heterocycles. The topological polar surface area (TPSA) is 44.5 Å². The van der Waals surface area contributed by atoms with E-state index >= 15 is 0 Å². The third-order valence-corrected chi connectivity index (χ3v) is 2.85. The molecule has 1 heterocycles. The molecule has 1 fully saturated rings. The van der Waals surface area contributed by atoms with Crippen molar-refractivity contribution in [2.75, 3.05) is 13.2 Å². The molecule has 2 N–H and O–H groups in total. The summed E-state index contributed by atoms with van der Waals surface area (Å²) in [7, 11) is 0. The van der Waals surface area contributed by atoms with Crippen molar-refractivity contribution >= 4 is 0 Å². The summed E-state index contributed by atoms with van der Waals surface area (Å²) in [5, 5.41) is 0. The largest absolute Gasteiger partial charge is 0.488 e. The Morgan fingerprint density at radius 2 is 2.38 bits per heavy atom. The van der Waals surface area contributed by atoms with Crippen LogP contribution in [0.3, 0.4) is 0 Å². The van der Waals surface area contributed by atoms with Crippen molar-refractivity contribution in [3.05, 3.63) is 29.3 Å². The van der Waals surface area contributed by atoms with Gasteiger partial charge in [-0.05, 0) is 25.8 Å². The van der Waals surface area contributed by atoms with Gasteiger partial charge < -0.3 is 15.2 Å². The zero-order valence-electron chi connectivity index (χ0n) is 9.74. The zero-order chi connectivity index (χ0) is 11.4. The molecule has 0 amide bonds. The third kappa shape index (κ3) is 2.74. The molecule has 1 aliphatic heterocycles. The molecule has 3 nitrogen and oxygen atoms in total. The number of rotatable bonds is 3. The number of aryl methyl sites for hydroxylation is 1. The molecule has 88 valence electrons. The first-order chi connectivity index (χ1) is 7.79. The molecule has 1 atom stereocenters. The molecule has 0 spiro atoms. The Labute approximate surface area is 96.5 Å². The lowest BCUT2D eigenvalue weighted by Crippen LogP contribution is -2.28. The first-order valence-corrected chi connectivity index (χ1v) is 5.83. The van der Waals surface area contributed by atoms with Crippen LogP contribution in [0.25, 0.3) is 0 Å². The number of hydrogen-bond donors (Lipinski definition) is 1. The minimum Gasteiger partial charge on any atom is -0.488 e. The second-order valence-electron chi connectivity index (χ2n) is 4.27. The number of nitrogens with two attached hydrogens (primary N) is 1. The Bertz CT molecular complexity index is 346. The van der Waals surface area contributed by atoms with Crippen LogP contribution in [0.1, 0.15) is 24.0 Å². The fourth-order valence-electron chi connectivity index (χ4n) is 1.97. The summed E-state index contributed by atoms with van der Waals surface area (Å²) >= 11 is 0. The van der Waals surface area contributed by atoms with Crippen LogP contribution in [0.2, 0.25) is 0 Å². The number of benzene rings is 1. The van der Waals surface area contributed by atoms with Crippen LogP contribution in [-0.4, -0.2) is 19.3 Å². The SMILES string of the molecule is Cc1ccc(OC2CCCOC2)c(CN)c1. The summed E-state index contributed by atoms with van der Waals surface area (Å²) in [5.74, 6) is 0.906. The average Bonchev–Trinajstić information content (AvgIpc) is 2.33. The monoisotopic (exact) mass is 221 g/mol. The Morgan fingerprint density at radius 3 is 3.06 bits per heavy atom. The summed E-state index contributed by atoms with van der Waals surface area (Å²) in [6.45, 7) is 4.13. The van der Waals surface area contributed by atoms with Gasteiger partial charge in [0.15, 0.2) is 0 Å². The molecule has 16 heavy (non-hydrogen) atoms. The minimum atomic E-state index is 0.182. The standard InChI is InChI=1S/C13H19NO2/c1-10-4-5-13(11(7-10)8-14)16-12-3-2-6-15-9-12/h4-5,7,12H,2-3,6,8-9,14H2,1H3. The van der Waals surface area contributed by atoms with E-state index < -0.39 is 0 Å². The first-order valence-electron chi connectivity index (χ1n) is 5.83. The summed E-state index contributed by atoms with van der Waals surface area (Å²) < 4.78 is 11.3. The highest BCUT2D eigenvalue weighted by Gasteiger charge is 2.16. The molecule has 1 aliphatic rings. The predicted molar refractivity (Wildman–Crippen MR) is 63.5 cm³/mol. The van der Waals surface area contributed by atoms with Gasteiger partial charge in [-0.3, -0.25) is 0 Å². The molecule has 1 aromatic carbocycles. The van der Waals surface area contributed by atoms with Crippen LogP contribution in [-0.2, 0) is 11.3 Å². The van der Waals surface area contributed by atoms with Gasteiger partial charge in [-0.2, -0.15) is 0 Å². The quantitative estimate of drug-likeness (QED) is 0.849. The Hall–Kier alpha value is -1.06. The highest BCUT2D eigenvalue weighted by atomic mass is 16.5. The maximum atomic E-state index is 5.93. The molecule has 0 saturated carbocycles. The van der Waals surface area contributed by atoms with Gasteiger partial charge in [-0.1, -0.05) is 17.7 Å². The van der Waals surface area contributed by atoms with E-state index in [1.807, 2.05) is 6.07 Å². The molecule has 3 heteroatoms. The summed E-state index contributed by atoms with van der Waals surface area (Å²) in [4.78, 5) is 0. The number of ether oxygens (including phenoxy) is 2. The van der Waals surface area contributed by atoms with Crippen molar-refractivity contribution in [3.8, 4) is 5.75 Å².